The first-order valence-corrected chi connectivity index (χ1v) is 4.28. The summed E-state index contributed by atoms with van der Waals surface area (Å²) in [7, 11) is 3.63. The largest absolute Gasteiger partial charge is 0.481 e. The molecule has 0 saturated carbocycles. The van der Waals surface area contributed by atoms with Crippen molar-refractivity contribution in [3.8, 4) is 0 Å². The van der Waals surface area contributed by atoms with Crippen molar-refractivity contribution < 1.29 is 14.7 Å². The summed E-state index contributed by atoms with van der Waals surface area (Å²) in [6.45, 7) is 0.554. The smallest absolute Gasteiger partial charge is 0.308 e. The standard InChI is InChI=1S/C8H17N3O3/c1-11(2)4-3-5(8(13)14)6(9)7(10)12/h5-6H,3-4,9H2,1-2H3,(H2,10,12)(H,13,14). The molecule has 0 aromatic rings. The van der Waals surface area contributed by atoms with Gasteiger partial charge in [-0.1, -0.05) is 0 Å². The van der Waals surface area contributed by atoms with Gasteiger partial charge in [0.1, 0.15) is 0 Å². The van der Waals surface area contributed by atoms with Crippen LogP contribution >= 0.6 is 0 Å². The van der Waals surface area contributed by atoms with E-state index < -0.39 is 23.8 Å². The number of rotatable bonds is 6. The Balaban J connectivity index is 4.29. The van der Waals surface area contributed by atoms with Gasteiger partial charge in [0.05, 0.1) is 12.0 Å². The lowest BCUT2D eigenvalue weighted by molar-refractivity contribution is -0.144. The third-order valence-electron chi connectivity index (χ3n) is 1.97. The van der Waals surface area contributed by atoms with Gasteiger partial charge in [0, 0.05) is 0 Å². The molecule has 0 heterocycles. The maximum atomic E-state index is 10.8. The molecule has 0 aliphatic rings. The van der Waals surface area contributed by atoms with Gasteiger partial charge in [0.2, 0.25) is 5.91 Å². The van der Waals surface area contributed by atoms with E-state index in [-0.39, 0.29) is 0 Å². The Hall–Kier alpha value is -1.14. The molecular weight excluding hydrogens is 186 g/mol. The highest BCUT2D eigenvalue weighted by Crippen LogP contribution is 2.08. The van der Waals surface area contributed by atoms with Gasteiger partial charge in [-0.3, -0.25) is 9.59 Å². The van der Waals surface area contributed by atoms with Gasteiger partial charge >= 0.3 is 5.97 Å². The highest BCUT2D eigenvalue weighted by Gasteiger charge is 2.28. The van der Waals surface area contributed by atoms with E-state index in [1.165, 1.54) is 0 Å². The summed E-state index contributed by atoms with van der Waals surface area (Å²) >= 11 is 0. The van der Waals surface area contributed by atoms with Crippen molar-refractivity contribution in [1.29, 1.82) is 0 Å². The SMILES string of the molecule is CN(C)CCC(C(=O)O)C(N)C(N)=O. The van der Waals surface area contributed by atoms with Crippen molar-refractivity contribution in [2.75, 3.05) is 20.6 Å². The Labute approximate surface area is 82.9 Å². The minimum absolute atomic E-state index is 0.312. The van der Waals surface area contributed by atoms with Crippen LogP contribution in [-0.2, 0) is 9.59 Å². The molecule has 2 unspecified atom stereocenters. The molecule has 0 aromatic carbocycles. The number of nitrogens with two attached hydrogens (primary N) is 2. The fourth-order valence-electron chi connectivity index (χ4n) is 1.05. The lowest BCUT2D eigenvalue weighted by Gasteiger charge is -2.19. The van der Waals surface area contributed by atoms with Crippen molar-refractivity contribution in [3.05, 3.63) is 0 Å². The van der Waals surface area contributed by atoms with E-state index in [2.05, 4.69) is 0 Å². The van der Waals surface area contributed by atoms with Gasteiger partial charge in [-0.05, 0) is 27.1 Å². The zero-order chi connectivity index (χ0) is 11.3. The molecule has 14 heavy (non-hydrogen) atoms. The van der Waals surface area contributed by atoms with Crippen molar-refractivity contribution >= 4 is 11.9 Å². The molecule has 0 radical (unpaired) electrons. The molecule has 0 spiro atoms. The second-order valence-electron chi connectivity index (χ2n) is 3.46. The average Bonchev–Trinajstić information content (AvgIpc) is 2.02. The van der Waals surface area contributed by atoms with E-state index >= 15 is 0 Å². The van der Waals surface area contributed by atoms with Gasteiger partial charge in [-0.15, -0.1) is 0 Å². The van der Waals surface area contributed by atoms with Gasteiger partial charge < -0.3 is 21.5 Å². The average molecular weight is 203 g/mol. The topological polar surface area (TPSA) is 110 Å². The number of amides is 1. The van der Waals surface area contributed by atoms with Crippen LogP contribution in [0.5, 0.6) is 0 Å². The second kappa shape index (κ2) is 5.56. The van der Waals surface area contributed by atoms with Crippen LogP contribution < -0.4 is 11.5 Å². The number of carbonyl (C=O) groups is 2. The van der Waals surface area contributed by atoms with E-state index in [1.807, 2.05) is 19.0 Å². The molecule has 2 atom stereocenters. The number of carboxylic acids is 1. The number of carbonyl (C=O) groups excluding carboxylic acids is 1. The number of carboxylic acid groups (broad SMARTS) is 1. The van der Waals surface area contributed by atoms with Crippen LogP contribution in [0.2, 0.25) is 0 Å². The van der Waals surface area contributed by atoms with Crippen molar-refractivity contribution in [2.45, 2.75) is 12.5 Å². The summed E-state index contributed by atoms with van der Waals surface area (Å²) < 4.78 is 0. The van der Waals surface area contributed by atoms with E-state index in [0.29, 0.717) is 13.0 Å². The summed E-state index contributed by atoms with van der Waals surface area (Å²) in [5.41, 5.74) is 10.3. The maximum absolute atomic E-state index is 10.8. The van der Waals surface area contributed by atoms with E-state index in [0.717, 1.165) is 0 Å². The molecule has 82 valence electrons. The summed E-state index contributed by atoms with van der Waals surface area (Å²) in [6.07, 6.45) is 0.312. The predicted molar refractivity (Wildman–Crippen MR) is 51.5 cm³/mol. The first-order chi connectivity index (χ1) is 6.36. The molecule has 6 heteroatoms. The molecule has 6 nitrogen and oxygen atoms in total. The van der Waals surface area contributed by atoms with Crippen molar-refractivity contribution in [3.63, 3.8) is 0 Å². The molecule has 0 aromatic heterocycles. The Morgan fingerprint density at radius 3 is 2.21 bits per heavy atom. The summed E-state index contributed by atoms with van der Waals surface area (Å²) in [5.74, 6) is -2.77. The van der Waals surface area contributed by atoms with Crippen LogP contribution in [0, 0.1) is 5.92 Å². The number of nitrogens with zero attached hydrogens (tertiary/aromatic N) is 1. The van der Waals surface area contributed by atoms with E-state index in [4.69, 9.17) is 16.6 Å². The molecule has 0 fully saturated rings. The quantitative estimate of drug-likeness (QED) is 0.484. The Morgan fingerprint density at radius 1 is 1.43 bits per heavy atom. The van der Waals surface area contributed by atoms with Crippen LogP contribution in [0.25, 0.3) is 0 Å². The van der Waals surface area contributed by atoms with Crippen LogP contribution in [0.15, 0.2) is 0 Å². The molecule has 0 bridgehead atoms. The fraction of sp³-hybridized carbons (Fsp3) is 0.750. The molecule has 0 rings (SSSR count). The highest BCUT2D eigenvalue weighted by molar-refractivity contribution is 5.86. The molecule has 5 N–H and O–H groups in total. The first-order valence-electron chi connectivity index (χ1n) is 4.28. The van der Waals surface area contributed by atoms with Crippen LogP contribution in [-0.4, -0.2) is 48.6 Å². The molecule has 0 saturated heterocycles. The number of hydrogen-bond acceptors (Lipinski definition) is 4. The third-order valence-corrected chi connectivity index (χ3v) is 1.97. The lowest BCUT2D eigenvalue weighted by Crippen LogP contribution is -2.46. The predicted octanol–water partition coefficient (Wildman–Crippen LogP) is -1.55. The Kier molecular flexibility index (Phi) is 5.11. The monoisotopic (exact) mass is 203 g/mol. The zero-order valence-corrected chi connectivity index (χ0v) is 8.43. The lowest BCUT2D eigenvalue weighted by atomic mass is 9.96. The summed E-state index contributed by atoms with van der Waals surface area (Å²) in [5, 5.41) is 8.80. The van der Waals surface area contributed by atoms with Gasteiger partial charge in [0.15, 0.2) is 0 Å². The molecule has 1 amide bonds. The summed E-state index contributed by atoms with van der Waals surface area (Å²) in [6, 6.07) is -1.12. The van der Waals surface area contributed by atoms with Gasteiger partial charge in [-0.2, -0.15) is 0 Å². The van der Waals surface area contributed by atoms with Gasteiger partial charge in [0.25, 0.3) is 0 Å². The molecule has 0 aliphatic carbocycles. The van der Waals surface area contributed by atoms with Crippen molar-refractivity contribution in [1.82, 2.24) is 4.90 Å². The first kappa shape index (κ1) is 12.9. The van der Waals surface area contributed by atoms with Crippen LogP contribution in [0.1, 0.15) is 6.42 Å². The maximum Gasteiger partial charge on any atom is 0.308 e. The Morgan fingerprint density at radius 2 is 1.93 bits per heavy atom. The normalized spacial score (nSPS) is 15.1. The zero-order valence-electron chi connectivity index (χ0n) is 8.43. The fourth-order valence-corrected chi connectivity index (χ4v) is 1.05. The summed E-state index contributed by atoms with van der Waals surface area (Å²) in [4.78, 5) is 23.3. The van der Waals surface area contributed by atoms with Crippen molar-refractivity contribution in [2.24, 2.45) is 17.4 Å². The number of aliphatic carboxylic acids is 1. The second-order valence-corrected chi connectivity index (χ2v) is 3.46. The van der Waals surface area contributed by atoms with Crippen LogP contribution in [0.4, 0.5) is 0 Å². The molecule has 0 aliphatic heterocycles. The van der Waals surface area contributed by atoms with E-state index in [1.54, 1.807) is 0 Å². The molecular formula is C8H17N3O3. The number of primary amides is 1. The Bertz CT molecular complexity index is 218. The van der Waals surface area contributed by atoms with Crippen LogP contribution in [0.3, 0.4) is 0 Å². The third kappa shape index (κ3) is 4.20. The number of hydrogen-bond donors (Lipinski definition) is 3. The minimum atomic E-state index is -1.12. The minimum Gasteiger partial charge on any atom is -0.481 e. The van der Waals surface area contributed by atoms with Gasteiger partial charge in [-0.25, -0.2) is 0 Å². The highest BCUT2D eigenvalue weighted by atomic mass is 16.4. The van der Waals surface area contributed by atoms with E-state index in [9.17, 15) is 9.59 Å².